The van der Waals surface area contributed by atoms with E-state index >= 15 is 0 Å². The summed E-state index contributed by atoms with van der Waals surface area (Å²) in [6, 6.07) is 8.49. The molecule has 1 aromatic carbocycles. The molecule has 1 aliphatic rings. The average Bonchev–Trinajstić information content (AvgIpc) is 2.49. The smallest absolute Gasteiger partial charge is 0.119 e. The number of rotatable bonds is 5. The van der Waals surface area contributed by atoms with Gasteiger partial charge in [-0.25, -0.2) is 0 Å². The van der Waals surface area contributed by atoms with Gasteiger partial charge < -0.3 is 4.74 Å². The number of nitrogens with two attached hydrogens (primary N) is 1. The van der Waals surface area contributed by atoms with E-state index in [0.717, 1.165) is 17.6 Å². The van der Waals surface area contributed by atoms with E-state index in [1.807, 2.05) is 12.1 Å². The van der Waals surface area contributed by atoms with Gasteiger partial charge in [0.05, 0.1) is 7.11 Å². The third kappa shape index (κ3) is 3.53. The lowest BCUT2D eigenvalue weighted by atomic mass is 9.73. The summed E-state index contributed by atoms with van der Waals surface area (Å²) in [7, 11) is 1.71. The fourth-order valence-corrected chi connectivity index (χ4v) is 3.48. The number of ether oxygens (including phenoxy) is 1. The molecule has 0 radical (unpaired) electrons. The van der Waals surface area contributed by atoms with Crippen LogP contribution in [0.3, 0.4) is 0 Å². The van der Waals surface area contributed by atoms with Gasteiger partial charge in [0, 0.05) is 6.04 Å². The molecule has 112 valence electrons. The zero-order valence-electron chi connectivity index (χ0n) is 12.9. The molecule has 0 saturated heterocycles. The molecule has 0 spiro atoms. The van der Waals surface area contributed by atoms with Crippen molar-refractivity contribution in [2.24, 2.45) is 23.6 Å². The van der Waals surface area contributed by atoms with Crippen molar-refractivity contribution in [2.75, 3.05) is 7.11 Å². The Morgan fingerprint density at radius 2 is 1.80 bits per heavy atom. The molecule has 3 nitrogen and oxygen atoms in total. The third-order valence-electron chi connectivity index (χ3n) is 4.86. The number of methoxy groups -OCH3 is 1. The van der Waals surface area contributed by atoms with Gasteiger partial charge in [-0.15, -0.1) is 0 Å². The van der Waals surface area contributed by atoms with Crippen LogP contribution in [-0.2, 0) is 0 Å². The Morgan fingerprint density at radius 1 is 1.15 bits per heavy atom. The fourth-order valence-electron chi connectivity index (χ4n) is 3.48. The zero-order valence-corrected chi connectivity index (χ0v) is 12.9. The predicted octanol–water partition coefficient (Wildman–Crippen LogP) is 3.66. The molecule has 0 heterocycles. The molecule has 0 aromatic heterocycles. The molecule has 3 heteroatoms. The summed E-state index contributed by atoms with van der Waals surface area (Å²) in [6.45, 7) is 4.68. The normalized spacial score (nSPS) is 24.6. The number of hydrogen-bond donors (Lipinski definition) is 2. The minimum atomic E-state index is 0.234. The van der Waals surface area contributed by atoms with Crippen molar-refractivity contribution < 1.29 is 4.74 Å². The molecule has 0 bridgehead atoms. The Morgan fingerprint density at radius 3 is 2.35 bits per heavy atom. The maximum absolute atomic E-state index is 5.83. The Balaban J connectivity index is 2.05. The van der Waals surface area contributed by atoms with Crippen LogP contribution in [0.4, 0.5) is 0 Å². The SMILES string of the molecule is COc1cccc(C(NN)C2CCC(C(C)C)CC2)c1. The molecule has 1 unspecified atom stereocenters. The number of nitrogens with one attached hydrogen (secondary N) is 1. The van der Waals surface area contributed by atoms with Crippen LogP contribution in [0.1, 0.15) is 51.1 Å². The molecule has 0 aliphatic heterocycles. The zero-order chi connectivity index (χ0) is 14.5. The van der Waals surface area contributed by atoms with Gasteiger partial charge >= 0.3 is 0 Å². The number of hydrogen-bond acceptors (Lipinski definition) is 3. The maximum atomic E-state index is 5.83. The largest absolute Gasteiger partial charge is 0.497 e. The second kappa shape index (κ2) is 7.09. The van der Waals surface area contributed by atoms with Crippen molar-refractivity contribution >= 4 is 0 Å². The van der Waals surface area contributed by atoms with Crippen molar-refractivity contribution in [3.8, 4) is 5.75 Å². The highest BCUT2D eigenvalue weighted by Crippen LogP contribution is 2.39. The minimum Gasteiger partial charge on any atom is -0.497 e. The Bertz CT molecular complexity index is 411. The first kappa shape index (κ1) is 15.3. The first-order valence-corrected chi connectivity index (χ1v) is 7.75. The predicted molar refractivity (Wildman–Crippen MR) is 83.3 cm³/mol. The van der Waals surface area contributed by atoms with E-state index in [1.165, 1.54) is 31.2 Å². The molecule has 1 atom stereocenters. The van der Waals surface area contributed by atoms with Crippen molar-refractivity contribution in [3.05, 3.63) is 29.8 Å². The van der Waals surface area contributed by atoms with Gasteiger partial charge in [0.15, 0.2) is 0 Å². The molecule has 2 rings (SSSR count). The minimum absolute atomic E-state index is 0.234. The Labute approximate surface area is 122 Å². The van der Waals surface area contributed by atoms with Crippen LogP contribution in [0, 0.1) is 17.8 Å². The lowest BCUT2D eigenvalue weighted by Gasteiger charge is -2.35. The van der Waals surface area contributed by atoms with Crippen molar-refractivity contribution in [1.82, 2.24) is 5.43 Å². The molecular formula is C17H28N2O. The molecule has 1 aliphatic carbocycles. The van der Waals surface area contributed by atoms with E-state index in [0.29, 0.717) is 5.92 Å². The summed E-state index contributed by atoms with van der Waals surface area (Å²) in [5.74, 6) is 9.05. The van der Waals surface area contributed by atoms with Crippen molar-refractivity contribution in [1.29, 1.82) is 0 Å². The Kier molecular flexibility index (Phi) is 5.44. The van der Waals surface area contributed by atoms with E-state index in [4.69, 9.17) is 10.6 Å². The maximum Gasteiger partial charge on any atom is 0.119 e. The highest BCUT2D eigenvalue weighted by Gasteiger charge is 2.29. The third-order valence-corrected chi connectivity index (χ3v) is 4.86. The summed E-state index contributed by atoms with van der Waals surface area (Å²) in [6.07, 6.45) is 5.17. The summed E-state index contributed by atoms with van der Waals surface area (Å²) >= 11 is 0. The van der Waals surface area contributed by atoms with Crippen LogP contribution in [0.5, 0.6) is 5.75 Å². The molecule has 1 aromatic rings. The second-order valence-electron chi connectivity index (χ2n) is 6.34. The molecule has 1 fully saturated rings. The monoisotopic (exact) mass is 276 g/mol. The highest BCUT2D eigenvalue weighted by molar-refractivity contribution is 5.30. The fraction of sp³-hybridized carbons (Fsp3) is 0.647. The van der Waals surface area contributed by atoms with Crippen LogP contribution in [0.2, 0.25) is 0 Å². The summed E-state index contributed by atoms with van der Waals surface area (Å²) in [4.78, 5) is 0. The summed E-state index contributed by atoms with van der Waals surface area (Å²) in [5.41, 5.74) is 4.26. The number of benzene rings is 1. The van der Waals surface area contributed by atoms with Gasteiger partial charge in [-0.3, -0.25) is 11.3 Å². The van der Waals surface area contributed by atoms with Gasteiger partial charge in [-0.05, 0) is 61.1 Å². The van der Waals surface area contributed by atoms with Crippen molar-refractivity contribution in [2.45, 2.75) is 45.6 Å². The van der Waals surface area contributed by atoms with E-state index in [9.17, 15) is 0 Å². The van der Waals surface area contributed by atoms with Crippen LogP contribution >= 0.6 is 0 Å². The van der Waals surface area contributed by atoms with Gasteiger partial charge in [0.25, 0.3) is 0 Å². The molecule has 0 amide bonds. The number of hydrazine groups is 1. The quantitative estimate of drug-likeness (QED) is 0.637. The van der Waals surface area contributed by atoms with Crippen LogP contribution in [0.25, 0.3) is 0 Å². The van der Waals surface area contributed by atoms with Crippen LogP contribution in [0.15, 0.2) is 24.3 Å². The second-order valence-corrected chi connectivity index (χ2v) is 6.34. The first-order chi connectivity index (χ1) is 9.65. The summed E-state index contributed by atoms with van der Waals surface area (Å²) in [5, 5.41) is 0. The van der Waals surface area contributed by atoms with E-state index < -0.39 is 0 Å². The van der Waals surface area contributed by atoms with Gasteiger partial charge in [0.2, 0.25) is 0 Å². The average molecular weight is 276 g/mol. The van der Waals surface area contributed by atoms with E-state index in [1.54, 1.807) is 7.11 Å². The lowest BCUT2D eigenvalue weighted by Crippen LogP contribution is -2.35. The molecule has 1 saturated carbocycles. The van der Waals surface area contributed by atoms with Gasteiger partial charge in [-0.2, -0.15) is 0 Å². The van der Waals surface area contributed by atoms with Gasteiger partial charge in [0.1, 0.15) is 5.75 Å². The van der Waals surface area contributed by atoms with Gasteiger partial charge in [-0.1, -0.05) is 26.0 Å². The molecule has 3 N–H and O–H groups in total. The van der Waals surface area contributed by atoms with Crippen LogP contribution in [-0.4, -0.2) is 7.11 Å². The highest BCUT2D eigenvalue weighted by atomic mass is 16.5. The van der Waals surface area contributed by atoms with Crippen molar-refractivity contribution in [3.63, 3.8) is 0 Å². The Hall–Kier alpha value is -1.06. The molecular weight excluding hydrogens is 248 g/mol. The molecule has 20 heavy (non-hydrogen) atoms. The lowest BCUT2D eigenvalue weighted by molar-refractivity contribution is 0.189. The van der Waals surface area contributed by atoms with E-state index in [2.05, 4.69) is 31.4 Å². The summed E-state index contributed by atoms with van der Waals surface area (Å²) < 4.78 is 5.32. The van der Waals surface area contributed by atoms with E-state index in [-0.39, 0.29) is 6.04 Å². The standard InChI is InChI=1S/C17H28N2O/c1-12(2)13-7-9-14(10-8-13)17(19-18)15-5-4-6-16(11-15)20-3/h4-6,11-14,17,19H,7-10,18H2,1-3H3. The topological polar surface area (TPSA) is 47.3 Å². The van der Waals surface area contributed by atoms with Crippen LogP contribution < -0.4 is 16.0 Å². The first-order valence-electron chi connectivity index (χ1n) is 7.75.